The third kappa shape index (κ3) is 5.94. The molecule has 0 saturated carbocycles. The molecule has 0 aliphatic heterocycles. The van der Waals surface area contributed by atoms with E-state index in [1.54, 1.807) is 0 Å². The third-order valence-electron chi connectivity index (χ3n) is 15.9. The number of furan rings is 2. The highest BCUT2D eigenvalue weighted by Crippen LogP contribution is 2.52. The second kappa shape index (κ2) is 15.9. The fourth-order valence-electron chi connectivity index (χ4n) is 12.7. The smallest absolute Gasteiger partial charge is 0.136 e. The predicted octanol–water partition coefficient (Wildman–Crippen LogP) is 20.7. The van der Waals surface area contributed by atoms with Crippen LogP contribution in [0.15, 0.2) is 264 Å². The second-order valence-electron chi connectivity index (χ2n) is 19.7. The minimum Gasteiger partial charge on any atom is -0.456 e. The van der Waals surface area contributed by atoms with Crippen LogP contribution in [0.5, 0.6) is 0 Å². The summed E-state index contributed by atoms with van der Waals surface area (Å²) in [5.41, 5.74) is 15.4. The van der Waals surface area contributed by atoms with Crippen LogP contribution in [0.1, 0.15) is 0 Å². The van der Waals surface area contributed by atoms with E-state index in [9.17, 15) is 0 Å². The van der Waals surface area contributed by atoms with Gasteiger partial charge in [-0.3, -0.25) is 0 Å². The summed E-state index contributed by atoms with van der Waals surface area (Å²) in [6, 6.07) is 93.6. The van der Waals surface area contributed by atoms with E-state index < -0.39 is 0 Å². The number of rotatable bonds is 5. The van der Waals surface area contributed by atoms with Gasteiger partial charge in [0.25, 0.3) is 0 Å². The van der Waals surface area contributed by atoms with Gasteiger partial charge in [0.15, 0.2) is 0 Å². The van der Waals surface area contributed by atoms with Crippen LogP contribution in [-0.2, 0) is 0 Å². The van der Waals surface area contributed by atoms with Crippen molar-refractivity contribution in [2.75, 3.05) is 0 Å². The fourth-order valence-corrected chi connectivity index (χ4v) is 12.7. The monoisotopic (exact) mass is 938 g/mol. The van der Waals surface area contributed by atoms with Crippen molar-refractivity contribution < 1.29 is 8.83 Å². The van der Waals surface area contributed by atoms with Crippen LogP contribution in [0.2, 0.25) is 0 Å². The summed E-state index contributed by atoms with van der Waals surface area (Å²) < 4.78 is 13.1. The molecule has 0 atom stereocenters. The molecule has 2 heteroatoms. The van der Waals surface area contributed by atoms with Crippen LogP contribution in [0.4, 0.5) is 0 Å². The molecule has 0 N–H and O–H groups in total. The first kappa shape index (κ1) is 40.9. The Morgan fingerprint density at radius 3 is 0.838 bits per heavy atom. The molecular formula is C72H42O2. The largest absolute Gasteiger partial charge is 0.456 e. The van der Waals surface area contributed by atoms with E-state index >= 15 is 0 Å². The summed E-state index contributed by atoms with van der Waals surface area (Å²) in [4.78, 5) is 0. The molecule has 0 saturated heterocycles. The molecule has 0 fully saturated rings. The lowest BCUT2D eigenvalue weighted by atomic mass is 9.81. The molecule has 74 heavy (non-hydrogen) atoms. The Morgan fingerprint density at radius 1 is 0.176 bits per heavy atom. The average molecular weight is 939 g/mol. The van der Waals surface area contributed by atoms with E-state index in [2.05, 4.69) is 255 Å². The number of para-hydroxylation sites is 2. The summed E-state index contributed by atoms with van der Waals surface area (Å²) in [7, 11) is 0. The minimum absolute atomic E-state index is 0.878. The normalized spacial score (nSPS) is 12.1. The van der Waals surface area contributed by atoms with Gasteiger partial charge >= 0.3 is 0 Å². The summed E-state index contributed by atoms with van der Waals surface area (Å²) in [5, 5.41) is 18.9. The molecule has 0 radical (unpaired) electrons. The van der Waals surface area contributed by atoms with Gasteiger partial charge < -0.3 is 8.83 Å². The van der Waals surface area contributed by atoms with Crippen LogP contribution in [0.25, 0.3) is 164 Å². The predicted molar refractivity (Wildman–Crippen MR) is 313 cm³/mol. The lowest BCUT2D eigenvalue weighted by molar-refractivity contribution is 0.668. The van der Waals surface area contributed by atoms with Gasteiger partial charge in [-0.05, 0) is 157 Å². The van der Waals surface area contributed by atoms with Crippen molar-refractivity contribution in [3.63, 3.8) is 0 Å². The second-order valence-corrected chi connectivity index (χ2v) is 19.7. The van der Waals surface area contributed by atoms with Crippen LogP contribution in [0, 0.1) is 0 Å². The Morgan fingerprint density at radius 2 is 0.432 bits per heavy atom. The number of hydrogen-bond acceptors (Lipinski definition) is 2. The standard InChI is InChI=1S/C72H42O2/c1-3-21-45-43(17-1)19-9-25-47(45)49-27-11-31-55-61(49)41-62-50(48-26-10-20-44-18-2-4-22-46(44)48)28-12-32-56(62)71(55)72-57-33-13-29-51(53-35-15-39-67-69(53)59-23-5-7-37-65(59)73-67)63(57)42-64-52(30-14-34-58(64)72)54-36-16-40-68-70(54)60-24-6-8-38-66(60)74-68/h1-42H. The van der Waals surface area contributed by atoms with Crippen molar-refractivity contribution in [3.05, 3.63) is 255 Å². The molecule has 2 aromatic heterocycles. The first-order valence-corrected chi connectivity index (χ1v) is 25.5. The maximum Gasteiger partial charge on any atom is 0.136 e. The molecule has 0 bridgehead atoms. The number of benzene rings is 14. The van der Waals surface area contributed by atoms with Crippen LogP contribution in [0.3, 0.4) is 0 Å². The highest BCUT2D eigenvalue weighted by molar-refractivity contribution is 6.30. The van der Waals surface area contributed by atoms with Crippen LogP contribution >= 0.6 is 0 Å². The lowest BCUT2D eigenvalue weighted by Gasteiger charge is -2.22. The topological polar surface area (TPSA) is 26.3 Å². The first-order chi connectivity index (χ1) is 36.7. The molecule has 2 nitrogen and oxygen atoms in total. The SMILES string of the molecule is c1ccc2c(-c3cccc4c(-c5c6cccc(-c7cccc8oc9ccccc9c78)c6cc6c(-c7cccc8oc9ccccc9c78)cccc56)c5cccc(-c6cccc7ccccc67)c5cc34)cccc2c1. The highest BCUT2D eigenvalue weighted by atomic mass is 16.3. The van der Waals surface area contributed by atoms with Gasteiger partial charge in [0.2, 0.25) is 0 Å². The van der Waals surface area contributed by atoms with Crippen molar-refractivity contribution in [1.82, 2.24) is 0 Å². The van der Waals surface area contributed by atoms with Gasteiger partial charge in [-0.1, -0.05) is 218 Å². The zero-order chi connectivity index (χ0) is 48.4. The van der Waals surface area contributed by atoms with E-state index in [1.165, 1.54) is 98.0 Å². The van der Waals surface area contributed by atoms with Gasteiger partial charge in [-0.2, -0.15) is 0 Å². The molecular weight excluding hydrogens is 897 g/mol. The molecule has 14 aromatic carbocycles. The maximum absolute atomic E-state index is 6.57. The molecule has 342 valence electrons. The number of fused-ring (bicyclic) bond motifs is 12. The zero-order valence-corrected chi connectivity index (χ0v) is 40.1. The van der Waals surface area contributed by atoms with E-state index in [0.29, 0.717) is 0 Å². The summed E-state index contributed by atoms with van der Waals surface area (Å²) in [6.07, 6.45) is 0. The van der Waals surface area contributed by atoms with Gasteiger partial charge in [0, 0.05) is 21.5 Å². The molecule has 16 rings (SSSR count). The van der Waals surface area contributed by atoms with Crippen molar-refractivity contribution in [1.29, 1.82) is 0 Å². The maximum atomic E-state index is 6.57. The molecule has 2 heterocycles. The molecule has 16 aromatic rings. The minimum atomic E-state index is 0.878. The summed E-state index contributed by atoms with van der Waals surface area (Å²) in [6.45, 7) is 0. The van der Waals surface area contributed by atoms with Gasteiger partial charge in [0.05, 0.1) is 0 Å². The Hall–Kier alpha value is -9.76. The Labute approximate surface area is 425 Å². The van der Waals surface area contributed by atoms with Crippen molar-refractivity contribution >= 4 is 109 Å². The molecule has 0 unspecified atom stereocenters. The van der Waals surface area contributed by atoms with Crippen molar-refractivity contribution in [2.24, 2.45) is 0 Å². The van der Waals surface area contributed by atoms with Crippen molar-refractivity contribution in [2.45, 2.75) is 0 Å². The highest BCUT2D eigenvalue weighted by Gasteiger charge is 2.24. The zero-order valence-electron chi connectivity index (χ0n) is 40.1. The van der Waals surface area contributed by atoms with E-state index in [-0.39, 0.29) is 0 Å². The third-order valence-corrected chi connectivity index (χ3v) is 15.9. The molecule has 0 aliphatic carbocycles. The first-order valence-electron chi connectivity index (χ1n) is 25.5. The van der Waals surface area contributed by atoms with Gasteiger partial charge in [-0.15, -0.1) is 0 Å². The van der Waals surface area contributed by atoms with E-state index in [0.717, 1.165) is 66.1 Å². The van der Waals surface area contributed by atoms with E-state index in [1.807, 2.05) is 0 Å². The van der Waals surface area contributed by atoms with Gasteiger partial charge in [-0.25, -0.2) is 0 Å². The summed E-state index contributed by atoms with van der Waals surface area (Å²) in [5.74, 6) is 0. The Bertz CT molecular complexity index is 4710. The Balaban J connectivity index is 1.11. The van der Waals surface area contributed by atoms with Crippen molar-refractivity contribution in [3.8, 4) is 55.6 Å². The Kier molecular flexibility index (Phi) is 8.78. The number of hydrogen-bond donors (Lipinski definition) is 0. The van der Waals surface area contributed by atoms with Crippen LogP contribution in [-0.4, -0.2) is 0 Å². The van der Waals surface area contributed by atoms with Gasteiger partial charge in [0.1, 0.15) is 22.3 Å². The fraction of sp³-hybridized carbons (Fsp3) is 0. The molecule has 0 amide bonds. The average Bonchev–Trinajstić information content (AvgIpc) is 4.05. The lowest BCUT2D eigenvalue weighted by Crippen LogP contribution is -1.95. The summed E-state index contributed by atoms with van der Waals surface area (Å²) >= 11 is 0. The van der Waals surface area contributed by atoms with Crippen LogP contribution < -0.4 is 0 Å². The molecule has 0 aliphatic rings. The molecule has 0 spiro atoms. The quantitative estimate of drug-likeness (QED) is 0.161. The van der Waals surface area contributed by atoms with E-state index in [4.69, 9.17) is 8.83 Å².